The SMILES string of the molecule is CN(C)C(=O)CN=C(NCC1CCCCO1)N1CCSC(C)(C)C1. The summed E-state index contributed by atoms with van der Waals surface area (Å²) in [7, 11) is 3.53. The van der Waals surface area contributed by atoms with E-state index in [1.165, 1.54) is 6.42 Å². The van der Waals surface area contributed by atoms with Crippen molar-refractivity contribution in [2.75, 3.05) is 52.6 Å². The molecule has 1 N–H and O–H groups in total. The molecule has 0 bridgehead atoms. The number of amides is 1. The van der Waals surface area contributed by atoms with Crippen molar-refractivity contribution in [1.82, 2.24) is 15.1 Å². The number of aliphatic imine (C=N–C) groups is 1. The average Bonchev–Trinajstić information content (AvgIpc) is 2.54. The summed E-state index contributed by atoms with van der Waals surface area (Å²) >= 11 is 1.99. The third-order valence-corrected chi connectivity index (χ3v) is 5.65. The first kappa shape index (κ1) is 19.4. The number of likely N-dealkylation sites (N-methyl/N-ethyl adjacent to an activating group) is 1. The summed E-state index contributed by atoms with van der Waals surface area (Å²) in [5, 5.41) is 3.46. The van der Waals surface area contributed by atoms with Crippen molar-refractivity contribution in [2.45, 2.75) is 44.0 Å². The van der Waals surface area contributed by atoms with Crippen LogP contribution in [0.3, 0.4) is 0 Å². The van der Waals surface area contributed by atoms with Crippen LogP contribution in [0.25, 0.3) is 0 Å². The molecular formula is C17H32N4O2S. The summed E-state index contributed by atoms with van der Waals surface area (Å²) in [6, 6.07) is 0. The number of hydrogen-bond donors (Lipinski definition) is 1. The van der Waals surface area contributed by atoms with Crippen molar-refractivity contribution in [3.63, 3.8) is 0 Å². The quantitative estimate of drug-likeness (QED) is 0.610. The summed E-state index contributed by atoms with van der Waals surface area (Å²) in [6.45, 7) is 8.22. The van der Waals surface area contributed by atoms with Gasteiger partial charge in [0.25, 0.3) is 0 Å². The fourth-order valence-corrected chi connectivity index (χ4v) is 4.03. The molecule has 2 saturated heterocycles. The topological polar surface area (TPSA) is 57.2 Å². The molecule has 24 heavy (non-hydrogen) atoms. The minimum Gasteiger partial charge on any atom is -0.376 e. The van der Waals surface area contributed by atoms with Crippen molar-refractivity contribution in [1.29, 1.82) is 0 Å². The highest BCUT2D eigenvalue weighted by atomic mass is 32.2. The minimum absolute atomic E-state index is 0.0221. The summed E-state index contributed by atoms with van der Waals surface area (Å²) in [4.78, 5) is 20.4. The Labute approximate surface area is 150 Å². The van der Waals surface area contributed by atoms with Crippen LogP contribution in [0.1, 0.15) is 33.1 Å². The second-order valence-corrected chi connectivity index (χ2v) is 9.13. The highest BCUT2D eigenvalue weighted by molar-refractivity contribution is 8.00. The molecule has 0 aromatic rings. The Kier molecular flexibility index (Phi) is 7.22. The molecular weight excluding hydrogens is 324 g/mol. The van der Waals surface area contributed by atoms with Crippen molar-refractivity contribution >= 4 is 23.6 Å². The van der Waals surface area contributed by atoms with Crippen LogP contribution in [-0.2, 0) is 9.53 Å². The second kappa shape index (κ2) is 8.94. The summed E-state index contributed by atoms with van der Waals surface area (Å²) in [5.74, 6) is 1.94. The second-order valence-electron chi connectivity index (χ2n) is 7.33. The van der Waals surface area contributed by atoms with E-state index in [2.05, 4.69) is 29.1 Å². The van der Waals surface area contributed by atoms with Crippen molar-refractivity contribution in [3.8, 4) is 0 Å². The van der Waals surface area contributed by atoms with Crippen LogP contribution in [0.4, 0.5) is 0 Å². The van der Waals surface area contributed by atoms with Crippen LogP contribution in [0, 0.1) is 0 Å². The highest BCUT2D eigenvalue weighted by Crippen LogP contribution is 2.29. The molecule has 138 valence electrons. The molecule has 2 aliphatic rings. The number of ether oxygens (including phenoxy) is 1. The van der Waals surface area contributed by atoms with Crippen LogP contribution in [0.5, 0.6) is 0 Å². The van der Waals surface area contributed by atoms with Gasteiger partial charge in [0.2, 0.25) is 5.91 Å². The maximum absolute atomic E-state index is 11.9. The number of carbonyl (C=O) groups is 1. The fraction of sp³-hybridized carbons (Fsp3) is 0.882. The molecule has 2 fully saturated rings. The molecule has 0 aliphatic carbocycles. The van der Waals surface area contributed by atoms with E-state index in [-0.39, 0.29) is 23.3 Å². The smallest absolute Gasteiger partial charge is 0.243 e. The Balaban J connectivity index is 1.99. The lowest BCUT2D eigenvalue weighted by molar-refractivity contribution is -0.127. The predicted molar refractivity (Wildman–Crippen MR) is 101 cm³/mol. The lowest BCUT2D eigenvalue weighted by Gasteiger charge is -2.39. The number of nitrogens with zero attached hydrogens (tertiary/aromatic N) is 3. The molecule has 6 nitrogen and oxygen atoms in total. The molecule has 0 spiro atoms. The zero-order chi connectivity index (χ0) is 17.6. The largest absolute Gasteiger partial charge is 0.376 e. The predicted octanol–water partition coefficient (Wildman–Crippen LogP) is 1.42. The Morgan fingerprint density at radius 3 is 2.83 bits per heavy atom. The van der Waals surface area contributed by atoms with Crippen LogP contribution in [-0.4, -0.2) is 85.2 Å². The summed E-state index contributed by atoms with van der Waals surface area (Å²) in [5.41, 5.74) is 0. The molecule has 0 aromatic heterocycles. The normalized spacial score (nSPS) is 24.6. The van der Waals surface area contributed by atoms with Gasteiger partial charge in [0, 0.05) is 50.8 Å². The van der Waals surface area contributed by atoms with Gasteiger partial charge >= 0.3 is 0 Å². The molecule has 1 amide bonds. The number of guanidine groups is 1. The molecule has 7 heteroatoms. The number of hydrogen-bond acceptors (Lipinski definition) is 4. The third kappa shape index (κ3) is 6.16. The van der Waals surface area contributed by atoms with Crippen LogP contribution >= 0.6 is 11.8 Å². The van der Waals surface area contributed by atoms with Crippen LogP contribution in [0.2, 0.25) is 0 Å². The van der Waals surface area contributed by atoms with Crippen LogP contribution < -0.4 is 5.32 Å². The van der Waals surface area contributed by atoms with Gasteiger partial charge in [-0.3, -0.25) is 4.79 Å². The number of carbonyl (C=O) groups excluding carboxylic acids is 1. The van der Waals surface area contributed by atoms with Gasteiger partial charge in [0.05, 0.1) is 6.10 Å². The molecule has 0 radical (unpaired) electrons. The molecule has 1 unspecified atom stereocenters. The molecule has 2 heterocycles. The molecule has 1 atom stereocenters. The van der Waals surface area contributed by atoms with Gasteiger partial charge < -0.3 is 19.9 Å². The maximum Gasteiger partial charge on any atom is 0.243 e. The van der Waals surface area contributed by atoms with Gasteiger partial charge in [-0.2, -0.15) is 11.8 Å². The van der Waals surface area contributed by atoms with Gasteiger partial charge in [-0.15, -0.1) is 0 Å². The molecule has 0 saturated carbocycles. The zero-order valence-electron chi connectivity index (χ0n) is 15.5. The van der Waals surface area contributed by atoms with Crippen molar-refractivity contribution < 1.29 is 9.53 Å². The maximum atomic E-state index is 11.9. The molecule has 0 aromatic carbocycles. The van der Waals surface area contributed by atoms with Gasteiger partial charge in [-0.05, 0) is 33.1 Å². The Morgan fingerprint density at radius 1 is 1.42 bits per heavy atom. The third-order valence-electron chi connectivity index (χ3n) is 4.35. The van der Waals surface area contributed by atoms with Gasteiger partial charge in [0.15, 0.2) is 5.96 Å². The Bertz CT molecular complexity index is 448. The lowest BCUT2D eigenvalue weighted by atomic mass is 10.1. The van der Waals surface area contributed by atoms with E-state index in [4.69, 9.17) is 4.74 Å². The first-order valence-electron chi connectivity index (χ1n) is 8.86. The van der Waals surface area contributed by atoms with Crippen molar-refractivity contribution in [3.05, 3.63) is 0 Å². The van der Waals surface area contributed by atoms with E-state index in [1.807, 2.05) is 11.8 Å². The van der Waals surface area contributed by atoms with E-state index >= 15 is 0 Å². The fourth-order valence-electron chi connectivity index (χ4n) is 2.92. The van der Waals surface area contributed by atoms with Gasteiger partial charge in [0.1, 0.15) is 6.54 Å². The van der Waals surface area contributed by atoms with Gasteiger partial charge in [-0.25, -0.2) is 4.99 Å². The van der Waals surface area contributed by atoms with E-state index < -0.39 is 0 Å². The van der Waals surface area contributed by atoms with E-state index in [0.29, 0.717) is 0 Å². The minimum atomic E-state index is 0.0221. The van der Waals surface area contributed by atoms with Gasteiger partial charge in [-0.1, -0.05) is 0 Å². The first-order chi connectivity index (χ1) is 11.4. The average molecular weight is 357 g/mol. The lowest BCUT2D eigenvalue weighted by Crippen LogP contribution is -2.52. The van der Waals surface area contributed by atoms with E-state index in [1.54, 1.807) is 19.0 Å². The van der Waals surface area contributed by atoms with E-state index in [9.17, 15) is 4.79 Å². The number of thioether (sulfide) groups is 1. The number of rotatable bonds is 4. The highest BCUT2D eigenvalue weighted by Gasteiger charge is 2.29. The van der Waals surface area contributed by atoms with Crippen LogP contribution in [0.15, 0.2) is 4.99 Å². The first-order valence-corrected chi connectivity index (χ1v) is 9.85. The summed E-state index contributed by atoms with van der Waals surface area (Å²) < 4.78 is 6.01. The Morgan fingerprint density at radius 2 is 2.21 bits per heavy atom. The zero-order valence-corrected chi connectivity index (χ0v) is 16.3. The monoisotopic (exact) mass is 356 g/mol. The number of nitrogens with one attached hydrogen (secondary N) is 1. The van der Waals surface area contributed by atoms with E-state index in [0.717, 1.165) is 50.8 Å². The molecule has 2 aliphatic heterocycles. The van der Waals surface area contributed by atoms with Crippen molar-refractivity contribution in [2.24, 2.45) is 4.99 Å². The standard InChI is InChI=1S/C17H32N4O2S/c1-17(2)13-21(8-10-24-17)16(19-12-15(22)20(3)4)18-11-14-7-5-6-9-23-14/h14H,5-13H2,1-4H3,(H,18,19). The molecule has 2 rings (SSSR count). The Hall–Kier alpha value is -0.950. The summed E-state index contributed by atoms with van der Waals surface area (Å²) in [6.07, 6.45) is 3.73.